The van der Waals surface area contributed by atoms with E-state index < -0.39 is 12.0 Å². The monoisotopic (exact) mass is 396 g/mol. The second-order valence-corrected chi connectivity index (χ2v) is 6.98. The lowest BCUT2D eigenvalue weighted by Crippen LogP contribution is -2.44. The number of esters is 1. The molecule has 0 radical (unpaired) electrons. The quantitative estimate of drug-likeness (QED) is 0.627. The number of halogens is 2. The Kier molecular flexibility index (Phi) is 7.58. The highest BCUT2D eigenvalue weighted by molar-refractivity contribution is 5.71. The first-order chi connectivity index (χ1) is 13.3. The minimum Gasteiger partial charge on any atom is -0.487 e. The molecule has 0 aromatic heterocycles. The molecule has 8 heteroatoms. The maximum Gasteiger partial charge on any atom is 0.387 e. The van der Waals surface area contributed by atoms with E-state index >= 15 is 0 Å². The molecule has 0 unspecified atom stereocenters. The van der Waals surface area contributed by atoms with E-state index in [-0.39, 0.29) is 30.1 Å². The Morgan fingerprint density at radius 1 is 1.25 bits per heavy atom. The summed E-state index contributed by atoms with van der Waals surface area (Å²) in [5.74, 6) is -0.148. The number of hydrogen-bond donors (Lipinski definition) is 0. The van der Waals surface area contributed by atoms with Gasteiger partial charge in [0.1, 0.15) is 0 Å². The van der Waals surface area contributed by atoms with Crippen molar-refractivity contribution in [2.24, 2.45) is 0 Å². The van der Waals surface area contributed by atoms with Crippen LogP contribution in [-0.2, 0) is 14.9 Å². The molecule has 0 N–H and O–H groups in total. The summed E-state index contributed by atoms with van der Waals surface area (Å²) in [7, 11) is 0. The number of nitrogens with zero attached hydrogens (tertiary/aromatic N) is 2. The Hall–Kier alpha value is -2.40. The van der Waals surface area contributed by atoms with E-state index in [2.05, 4.69) is 10.8 Å². The second-order valence-electron chi connectivity index (χ2n) is 6.98. The van der Waals surface area contributed by atoms with Crippen molar-refractivity contribution in [2.75, 3.05) is 26.2 Å². The summed E-state index contributed by atoms with van der Waals surface area (Å²) in [6.07, 6.45) is 0.790. The molecule has 0 bridgehead atoms. The third kappa shape index (κ3) is 5.55. The third-order valence-electron chi connectivity index (χ3n) is 4.66. The number of piperidine rings is 1. The largest absolute Gasteiger partial charge is 0.487 e. The van der Waals surface area contributed by atoms with Gasteiger partial charge in [-0.15, -0.1) is 0 Å². The van der Waals surface area contributed by atoms with Gasteiger partial charge in [-0.25, -0.2) is 0 Å². The topological polar surface area (TPSA) is 71.8 Å². The van der Waals surface area contributed by atoms with Crippen LogP contribution >= 0.6 is 0 Å². The van der Waals surface area contributed by atoms with Crippen molar-refractivity contribution in [1.29, 1.82) is 5.26 Å². The standard InChI is InChI=1S/C20H26F2N2O4/c1-4-26-18(25)12-24-9-7-20(13-23,8-10-24)15-5-6-16(28-19(21)22)17(11-15)27-14(2)3/h5-6,11,14,19H,4,7-10,12H2,1-3H3. The second kappa shape index (κ2) is 9.69. The van der Waals surface area contributed by atoms with Crippen LogP contribution < -0.4 is 9.47 Å². The maximum atomic E-state index is 12.7. The fraction of sp³-hybridized carbons (Fsp3) is 0.600. The highest BCUT2D eigenvalue weighted by Gasteiger charge is 2.37. The van der Waals surface area contributed by atoms with Crippen molar-refractivity contribution in [1.82, 2.24) is 4.90 Å². The minimum atomic E-state index is -2.96. The molecule has 1 aromatic rings. The Balaban J connectivity index is 2.20. The van der Waals surface area contributed by atoms with E-state index in [9.17, 15) is 18.8 Å². The zero-order valence-electron chi connectivity index (χ0n) is 16.4. The molecule has 1 saturated heterocycles. The first-order valence-electron chi connectivity index (χ1n) is 9.35. The highest BCUT2D eigenvalue weighted by Crippen LogP contribution is 2.40. The van der Waals surface area contributed by atoms with Crippen LogP contribution in [0.15, 0.2) is 18.2 Å². The number of hydrogen-bond acceptors (Lipinski definition) is 6. The Morgan fingerprint density at radius 3 is 2.46 bits per heavy atom. The molecule has 1 aromatic carbocycles. The van der Waals surface area contributed by atoms with E-state index in [1.54, 1.807) is 32.9 Å². The number of rotatable bonds is 8. The van der Waals surface area contributed by atoms with E-state index in [0.717, 1.165) is 0 Å². The van der Waals surface area contributed by atoms with E-state index in [0.29, 0.717) is 38.1 Å². The molecule has 0 spiro atoms. The molecule has 0 saturated carbocycles. The van der Waals surface area contributed by atoms with Gasteiger partial charge in [-0.05, 0) is 51.3 Å². The van der Waals surface area contributed by atoms with Crippen LogP contribution in [0.2, 0.25) is 0 Å². The molecule has 1 fully saturated rings. The van der Waals surface area contributed by atoms with Gasteiger partial charge >= 0.3 is 12.6 Å². The predicted molar refractivity (Wildman–Crippen MR) is 98.4 cm³/mol. The SMILES string of the molecule is CCOC(=O)CN1CCC(C#N)(c2ccc(OC(F)F)c(OC(C)C)c2)CC1. The number of ether oxygens (including phenoxy) is 3. The number of carbonyl (C=O) groups is 1. The lowest BCUT2D eigenvalue weighted by molar-refractivity contribution is -0.144. The Labute approximate surface area is 164 Å². The number of alkyl halides is 2. The average molecular weight is 396 g/mol. The van der Waals surface area contributed by atoms with Crippen LogP contribution in [0.5, 0.6) is 11.5 Å². The van der Waals surface area contributed by atoms with Crippen LogP contribution in [-0.4, -0.2) is 49.8 Å². The Bertz CT molecular complexity index is 711. The summed E-state index contributed by atoms with van der Waals surface area (Å²) in [6.45, 7) is 4.01. The van der Waals surface area contributed by atoms with Gasteiger partial charge in [0, 0.05) is 13.1 Å². The normalized spacial score (nSPS) is 16.6. The zero-order chi connectivity index (χ0) is 20.7. The average Bonchev–Trinajstić information content (AvgIpc) is 2.63. The van der Waals surface area contributed by atoms with Crippen molar-refractivity contribution in [2.45, 2.75) is 51.7 Å². The molecule has 6 nitrogen and oxygen atoms in total. The van der Waals surface area contributed by atoms with Crippen molar-refractivity contribution in [3.8, 4) is 17.6 Å². The highest BCUT2D eigenvalue weighted by atomic mass is 19.3. The third-order valence-corrected chi connectivity index (χ3v) is 4.66. The van der Waals surface area contributed by atoms with Crippen molar-refractivity contribution in [3.63, 3.8) is 0 Å². The number of benzene rings is 1. The summed E-state index contributed by atoms with van der Waals surface area (Å²) >= 11 is 0. The molecule has 1 aliphatic rings. The fourth-order valence-electron chi connectivity index (χ4n) is 3.29. The molecule has 1 heterocycles. The van der Waals surface area contributed by atoms with Crippen LogP contribution in [0.25, 0.3) is 0 Å². The molecule has 1 aliphatic heterocycles. The zero-order valence-corrected chi connectivity index (χ0v) is 16.4. The number of carbonyl (C=O) groups excluding carboxylic acids is 1. The van der Waals surface area contributed by atoms with Gasteiger partial charge in [-0.3, -0.25) is 9.69 Å². The molecule has 2 rings (SSSR count). The van der Waals surface area contributed by atoms with Crippen LogP contribution in [0, 0.1) is 11.3 Å². The van der Waals surface area contributed by atoms with Gasteiger partial charge in [-0.1, -0.05) is 6.07 Å². The predicted octanol–water partition coefficient (Wildman–Crippen LogP) is 3.50. The first kappa shape index (κ1) is 21.9. The van der Waals surface area contributed by atoms with Gasteiger partial charge in [0.05, 0.1) is 30.7 Å². The van der Waals surface area contributed by atoms with E-state index in [1.807, 2.05) is 4.90 Å². The Morgan fingerprint density at radius 2 is 1.93 bits per heavy atom. The van der Waals surface area contributed by atoms with Crippen LogP contribution in [0.3, 0.4) is 0 Å². The smallest absolute Gasteiger partial charge is 0.387 e. The van der Waals surface area contributed by atoms with Gasteiger partial charge in [-0.2, -0.15) is 14.0 Å². The summed E-state index contributed by atoms with van der Waals surface area (Å²) in [4.78, 5) is 13.6. The lowest BCUT2D eigenvalue weighted by Gasteiger charge is -2.37. The summed E-state index contributed by atoms with van der Waals surface area (Å²) < 4.78 is 40.5. The molecular weight excluding hydrogens is 370 g/mol. The van der Waals surface area contributed by atoms with E-state index in [4.69, 9.17) is 9.47 Å². The molecule has 154 valence electrons. The van der Waals surface area contributed by atoms with Gasteiger partial charge in [0.25, 0.3) is 0 Å². The van der Waals surface area contributed by atoms with Gasteiger partial charge < -0.3 is 14.2 Å². The summed E-state index contributed by atoms with van der Waals surface area (Å²) in [5, 5.41) is 9.88. The van der Waals surface area contributed by atoms with Crippen molar-refractivity contribution < 1.29 is 27.8 Å². The van der Waals surface area contributed by atoms with Crippen molar-refractivity contribution >= 4 is 5.97 Å². The molecule has 0 aliphatic carbocycles. The number of likely N-dealkylation sites (tertiary alicyclic amines) is 1. The van der Waals surface area contributed by atoms with Crippen LogP contribution in [0.4, 0.5) is 8.78 Å². The van der Waals surface area contributed by atoms with Gasteiger partial charge in [0.15, 0.2) is 11.5 Å². The molecular formula is C20H26F2N2O4. The molecule has 0 amide bonds. The molecule has 28 heavy (non-hydrogen) atoms. The first-order valence-corrected chi connectivity index (χ1v) is 9.35. The van der Waals surface area contributed by atoms with Crippen molar-refractivity contribution in [3.05, 3.63) is 23.8 Å². The maximum absolute atomic E-state index is 12.7. The van der Waals surface area contributed by atoms with Crippen LogP contribution in [0.1, 0.15) is 39.2 Å². The minimum absolute atomic E-state index is 0.0553. The lowest BCUT2D eigenvalue weighted by atomic mass is 9.74. The summed E-state index contributed by atoms with van der Waals surface area (Å²) in [6, 6.07) is 7.05. The number of nitriles is 1. The summed E-state index contributed by atoms with van der Waals surface area (Å²) in [5.41, 5.74) is -0.0769. The fourth-order valence-corrected chi connectivity index (χ4v) is 3.29. The van der Waals surface area contributed by atoms with E-state index in [1.165, 1.54) is 6.07 Å². The molecule has 0 atom stereocenters. The van der Waals surface area contributed by atoms with Gasteiger partial charge in [0.2, 0.25) is 0 Å².